The van der Waals surface area contributed by atoms with Crippen LogP contribution in [-0.4, -0.2) is 56.5 Å². The number of primary sulfonamides is 1. The number of aromatic nitrogens is 1. The minimum Gasteiger partial charge on any atom is -0.496 e. The molecule has 210 valence electrons. The summed E-state index contributed by atoms with van der Waals surface area (Å²) in [7, 11) is -2.56. The van der Waals surface area contributed by atoms with Crippen molar-refractivity contribution in [3.63, 3.8) is 0 Å². The lowest BCUT2D eigenvalue weighted by molar-refractivity contribution is 0.104. The molecular weight excluding hydrogens is 556 g/mol. The molecular formula is C28H28N2O8S2. The normalized spacial score (nSPS) is 11.8. The lowest BCUT2D eigenvalue weighted by Crippen LogP contribution is -2.20. The third-order valence-electron chi connectivity index (χ3n) is 6.00. The van der Waals surface area contributed by atoms with Gasteiger partial charge in [-0.15, -0.1) is 11.3 Å². The van der Waals surface area contributed by atoms with Gasteiger partial charge in [-0.2, -0.15) is 0 Å². The molecule has 0 amide bonds. The standard InChI is InChI=1S/C28H28N2O8S2/c1-17-10-23(30-38-17)21-11-19(6-8-28(21)40(29,34)35)24(33)7-5-20-12-22(27-4-3-9-39-27)26(36-2)13-25(20)37-16-18(14-31)15-32/h3-13,18,31-32H,14-16H2,1-2H3,(H2,29,34,35). The molecule has 0 saturated carbocycles. The third-order valence-corrected chi connectivity index (χ3v) is 7.87. The molecule has 40 heavy (non-hydrogen) atoms. The summed E-state index contributed by atoms with van der Waals surface area (Å²) in [5.41, 5.74) is 1.93. The van der Waals surface area contributed by atoms with E-state index in [1.165, 1.54) is 35.6 Å². The Hall–Kier alpha value is -3.81. The van der Waals surface area contributed by atoms with Crippen LogP contribution in [0.2, 0.25) is 0 Å². The van der Waals surface area contributed by atoms with Crippen LogP contribution in [-0.2, 0) is 10.0 Å². The molecule has 0 unspecified atom stereocenters. The number of aryl methyl sites for hydroxylation is 1. The van der Waals surface area contributed by atoms with E-state index < -0.39 is 21.7 Å². The maximum atomic E-state index is 13.2. The van der Waals surface area contributed by atoms with Crippen LogP contribution in [0.1, 0.15) is 21.7 Å². The number of carbonyl (C=O) groups is 1. The third kappa shape index (κ3) is 6.66. The summed E-state index contributed by atoms with van der Waals surface area (Å²) >= 11 is 1.52. The Kier molecular flexibility index (Phi) is 9.17. The SMILES string of the molecule is COc1cc(OCC(CO)CO)c(C=CC(=O)c2ccc(S(N)(=O)=O)c(-c3cc(C)on3)c2)cc1-c1cccs1. The highest BCUT2D eigenvalue weighted by molar-refractivity contribution is 7.89. The molecule has 0 radical (unpaired) electrons. The van der Waals surface area contributed by atoms with Gasteiger partial charge in [0.1, 0.15) is 23.0 Å². The number of aliphatic hydroxyl groups excluding tert-OH is 2. The number of nitrogens with two attached hydrogens (primary N) is 1. The number of carbonyl (C=O) groups excluding carboxylic acids is 1. The second-order valence-electron chi connectivity index (χ2n) is 8.89. The average Bonchev–Trinajstić information content (AvgIpc) is 3.63. The number of ether oxygens (including phenoxy) is 2. The first kappa shape index (κ1) is 29.2. The first-order valence-corrected chi connectivity index (χ1v) is 14.5. The molecule has 0 aliphatic heterocycles. The molecule has 4 aromatic rings. The number of rotatable bonds is 12. The fraction of sp³-hybridized carbons (Fsp3) is 0.214. The fourth-order valence-corrected chi connectivity index (χ4v) is 5.36. The van der Waals surface area contributed by atoms with E-state index in [1.807, 2.05) is 23.6 Å². The molecule has 0 fully saturated rings. The number of methoxy groups -OCH3 is 1. The quantitative estimate of drug-likeness (QED) is 0.166. The number of aliphatic hydroxyl groups is 2. The summed E-state index contributed by atoms with van der Waals surface area (Å²) in [6, 6.07) is 13.0. The van der Waals surface area contributed by atoms with Crippen molar-refractivity contribution in [2.24, 2.45) is 11.1 Å². The van der Waals surface area contributed by atoms with E-state index >= 15 is 0 Å². The van der Waals surface area contributed by atoms with Crippen LogP contribution >= 0.6 is 11.3 Å². The number of hydrogen-bond acceptors (Lipinski definition) is 10. The molecule has 12 heteroatoms. The number of sulfonamides is 1. The van der Waals surface area contributed by atoms with E-state index in [1.54, 1.807) is 32.2 Å². The summed E-state index contributed by atoms with van der Waals surface area (Å²) in [5, 5.41) is 30.1. The molecule has 0 aliphatic rings. The molecule has 2 aromatic carbocycles. The predicted octanol–water partition coefficient (Wildman–Crippen LogP) is 3.91. The van der Waals surface area contributed by atoms with Gasteiger partial charge in [0.2, 0.25) is 10.0 Å². The van der Waals surface area contributed by atoms with Gasteiger partial charge in [0.15, 0.2) is 5.78 Å². The topological polar surface area (TPSA) is 162 Å². The van der Waals surface area contributed by atoms with Gasteiger partial charge >= 0.3 is 0 Å². The van der Waals surface area contributed by atoms with Crippen molar-refractivity contribution in [1.29, 1.82) is 0 Å². The molecule has 2 aromatic heterocycles. The Morgan fingerprint density at radius 3 is 2.50 bits per heavy atom. The summed E-state index contributed by atoms with van der Waals surface area (Å²) in [6.07, 6.45) is 2.92. The van der Waals surface area contributed by atoms with Crippen LogP contribution in [0.15, 0.2) is 69.4 Å². The maximum Gasteiger partial charge on any atom is 0.238 e. The highest BCUT2D eigenvalue weighted by atomic mass is 32.2. The van der Waals surface area contributed by atoms with Crippen molar-refractivity contribution >= 4 is 33.2 Å². The van der Waals surface area contributed by atoms with Gasteiger partial charge in [0.25, 0.3) is 0 Å². The zero-order valence-electron chi connectivity index (χ0n) is 21.7. The van der Waals surface area contributed by atoms with Crippen molar-refractivity contribution in [2.45, 2.75) is 11.8 Å². The van der Waals surface area contributed by atoms with Crippen LogP contribution in [0.25, 0.3) is 27.8 Å². The van der Waals surface area contributed by atoms with Gasteiger partial charge in [-0.05, 0) is 54.8 Å². The maximum absolute atomic E-state index is 13.2. The highest BCUT2D eigenvalue weighted by Crippen LogP contribution is 2.39. The fourth-order valence-electron chi connectivity index (χ4n) is 3.88. The van der Waals surface area contributed by atoms with Gasteiger partial charge < -0.3 is 24.2 Å². The lowest BCUT2D eigenvalue weighted by atomic mass is 10.0. The number of ketones is 1. The van der Waals surface area contributed by atoms with Crippen LogP contribution in [0.5, 0.6) is 11.5 Å². The summed E-state index contributed by atoms with van der Waals surface area (Å²) in [4.78, 5) is 14.0. The number of nitrogens with zero attached hydrogens (tertiary/aromatic N) is 1. The van der Waals surface area contributed by atoms with Crippen molar-refractivity contribution < 1.29 is 37.4 Å². The zero-order valence-corrected chi connectivity index (χ0v) is 23.4. The average molecular weight is 585 g/mol. The van der Waals surface area contributed by atoms with Crippen LogP contribution in [0.3, 0.4) is 0 Å². The number of benzene rings is 2. The molecule has 4 N–H and O–H groups in total. The Labute approximate surface area is 235 Å². The molecule has 10 nitrogen and oxygen atoms in total. The van der Waals surface area contributed by atoms with Crippen molar-refractivity contribution in [1.82, 2.24) is 5.16 Å². The van der Waals surface area contributed by atoms with Crippen molar-refractivity contribution in [3.05, 3.63) is 76.9 Å². The zero-order chi connectivity index (χ0) is 28.9. The van der Waals surface area contributed by atoms with E-state index in [-0.39, 0.29) is 41.5 Å². The molecule has 2 heterocycles. The van der Waals surface area contributed by atoms with E-state index in [4.69, 9.17) is 19.1 Å². The smallest absolute Gasteiger partial charge is 0.238 e. The number of hydrogen-bond donors (Lipinski definition) is 3. The van der Waals surface area contributed by atoms with Crippen LogP contribution < -0.4 is 14.6 Å². The van der Waals surface area contributed by atoms with Gasteiger partial charge in [-0.25, -0.2) is 13.6 Å². The van der Waals surface area contributed by atoms with Crippen molar-refractivity contribution in [2.75, 3.05) is 26.9 Å². The first-order chi connectivity index (χ1) is 19.1. The second kappa shape index (κ2) is 12.6. The first-order valence-electron chi connectivity index (χ1n) is 12.1. The number of allylic oxidation sites excluding steroid dienone is 1. The van der Waals surface area contributed by atoms with Crippen LogP contribution in [0.4, 0.5) is 0 Å². The summed E-state index contributed by atoms with van der Waals surface area (Å²) < 4.78 is 40.9. The van der Waals surface area contributed by atoms with E-state index in [9.17, 15) is 23.4 Å². The summed E-state index contributed by atoms with van der Waals surface area (Å²) in [5.74, 6) is 0.501. The predicted molar refractivity (Wildman–Crippen MR) is 151 cm³/mol. The Morgan fingerprint density at radius 2 is 1.90 bits per heavy atom. The van der Waals surface area contributed by atoms with Gasteiger partial charge in [0.05, 0.1) is 31.8 Å². The highest BCUT2D eigenvalue weighted by Gasteiger charge is 2.20. The molecule has 0 saturated heterocycles. The van der Waals surface area contributed by atoms with Gasteiger partial charge in [0, 0.05) is 45.2 Å². The molecule has 0 bridgehead atoms. The van der Waals surface area contributed by atoms with Crippen molar-refractivity contribution in [3.8, 4) is 33.2 Å². The molecule has 0 atom stereocenters. The Morgan fingerprint density at radius 1 is 1.12 bits per heavy atom. The minimum atomic E-state index is -4.10. The second-order valence-corrected chi connectivity index (χ2v) is 11.4. The Bertz CT molecular complexity index is 1620. The largest absolute Gasteiger partial charge is 0.496 e. The Balaban J connectivity index is 1.73. The summed E-state index contributed by atoms with van der Waals surface area (Å²) in [6.45, 7) is 1.19. The number of thiophene rings is 1. The van der Waals surface area contributed by atoms with Gasteiger partial charge in [-0.3, -0.25) is 4.79 Å². The van der Waals surface area contributed by atoms with Gasteiger partial charge in [-0.1, -0.05) is 11.2 Å². The monoisotopic (exact) mass is 584 g/mol. The lowest BCUT2D eigenvalue weighted by Gasteiger charge is -2.17. The van der Waals surface area contributed by atoms with E-state index in [0.29, 0.717) is 22.8 Å². The molecule has 4 rings (SSSR count). The van der Waals surface area contributed by atoms with E-state index in [2.05, 4.69) is 5.16 Å². The minimum absolute atomic E-state index is 0.0405. The van der Waals surface area contributed by atoms with E-state index in [0.717, 1.165) is 10.4 Å². The molecule has 0 spiro atoms. The van der Waals surface area contributed by atoms with Crippen LogP contribution in [0, 0.1) is 12.8 Å². The molecule has 0 aliphatic carbocycles.